The van der Waals surface area contributed by atoms with Gasteiger partial charge in [0.25, 0.3) is 7.82 Å². The average Bonchev–Trinajstić information content (AvgIpc) is 2.97. The zero-order valence-corrected chi connectivity index (χ0v) is 16.8. The molecule has 2 aliphatic heterocycles. The van der Waals surface area contributed by atoms with E-state index < -0.39 is 32.4 Å². The zero-order chi connectivity index (χ0) is 16.4. The van der Waals surface area contributed by atoms with Crippen LogP contribution in [0.25, 0.3) is 11.2 Å². The number of phosphoric acid groups is 1. The Morgan fingerprint density at radius 3 is 3.00 bits per heavy atom. The number of ether oxygens (including phenoxy) is 1. The summed E-state index contributed by atoms with van der Waals surface area (Å²) in [6.45, 7) is -0.236. The van der Waals surface area contributed by atoms with Gasteiger partial charge in [-0.25, -0.2) is 15.0 Å². The molecule has 0 radical (unpaired) electrons. The van der Waals surface area contributed by atoms with Crippen molar-refractivity contribution in [3.8, 4) is 0 Å². The smallest absolute Gasteiger partial charge is 0.756 e. The molecule has 0 aromatic carbocycles. The van der Waals surface area contributed by atoms with Gasteiger partial charge in [0.05, 0.1) is 6.61 Å². The summed E-state index contributed by atoms with van der Waals surface area (Å²) in [6.07, 6.45) is -2.80. The predicted octanol–water partition coefficient (Wildman–Crippen LogP) is -3.68. The molecular formula is C10H10BrN5NaO6P. The summed E-state index contributed by atoms with van der Waals surface area (Å²) in [6, 6.07) is 0. The van der Waals surface area contributed by atoms with Crippen LogP contribution in [0, 0.1) is 0 Å². The van der Waals surface area contributed by atoms with E-state index in [-0.39, 0.29) is 42.0 Å². The van der Waals surface area contributed by atoms with E-state index in [0.717, 1.165) is 0 Å². The summed E-state index contributed by atoms with van der Waals surface area (Å²) in [5.41, 5.74) is 6.41. The summed E-state index contributed by atoms with van der Waals surface area (Å²) < 4.78 is 28.2. The van der Waals surface area contributed by atoms with E-state index in [2.05, 4.69) is 35.4 Å². The van der Waals surface area contributed by atoms with Gasteiger partial charge in [-0.2, -0.15) is 0 Å². The first kappa shape index (κ1) is 18.6. The number of rotatable bonds is 1. The van der Waals surface area contributed by atoms with Gasteiger partial charge in [0.2, 0.25) is 0 Å². The predicted molar refractivity (Wildman–Crippen MR) is 75.8 cm³/mol. The van der Waals surface area contributed by atoms with Crippen LogP contribution in [-0.4, -0.2) is 49.5 Å². The molecule has 11 nitrogen and oxygen atoms in total. The summed E-state index contributed by atoms with van der Waals surface area (Å²) >= 11 is 3.25. The maximum absolute atomic E-state index is 11.4. The molecule has 0 spiro atoms. The van der Waals surface area contributed by atoms with Gasteiger partial charge in [-0.05, 0) is 15.9 Å². The van der Waals surface area contributed by atoms with E-state index in [1.165, 1.54) is 10.9 Å². The normalized spacial score (nSPS) is 35.6. The van der Waals surface area contributed by atoms with Crippen LogP contribution in [0.15, 0.2) is 11.1 Å². The number of phosphoric ester groups is 1. The number of aliphatic hydroxyl groups is 1. The Labute approximate surface area is 165 Å². The fourth-order valence-electron chi connectivity index (χ4n) is 2.67. The van der Waals surface area contributed by atoms with Crippen molar-refractivity contribution in [1.29, 1.82) is 0 Å². The van der Waals surface area contributed by atoms with Crippen molar-refractivity contribution >= 4 is 40.7 Å². The minimum atomic E-state index is -4.44. The molecule has 4 rings (SSSR count). The van der Waals surface area contributed by atoms with Gasteiger partial charge < -0.3 is 29.5 Å². The number of aliphatic hydroxyl groups excluding tert-OH is 1. The number of anilines is 1. The Hall–Kier alpha value is -0.140. The van der Waals surface area contributed by atoms with Gasteiger partial charge in [-0.15, -0.1) is 0 Å². The Bertz CT molecular complexity index is 837. The molecule has 0 bridgehead atoms. The summed E-state index contributed by atoms with van der Waals surface area (Å²) in [7, 11) is -4.44. The second-order valence-electron chi connectivity index (χ2n) is 5.05. The number of nitrogen functional groups attached to an aromatic ring is 1. The maximum Gasteiger partial charge on any atom is 1.00 e. The Balaban J connectivity index is 0.00000169. The van der Waals surface area contributed by atoms with Crippen molar-refractivity contribution in [3.05, 3.63) is 11.1 Å². The Morgan fingerprint density at radius 1 is 1.50 bits per heavy atom. The van der Waals surface area contributed by atoms with Crippen LogP contribution in [0.2, 0.25) is 0 Å². The van der Waals surface area contributed by atoms with Crippen molar-refractivity contribution in [2.45, 2.75) is 24.5 Å². The molecule has 0 saturated carbocycles. The number of halogens is 1. The Kier molecular flexibility index (Phi) is 5.08. The minimum Gasteiger partial charge on any atom is -0.756 e. The molecule has 2 aliphatic rings. The van der Waals surface area contributed by atoms with Crippen LogP contribution in [0.1, 0.15) is 6.23 Å². The van der Waals surface area contributed by atoms with E-state index in [1.807, 2.05) is 0 Å². The molecule has 2 aromatic heterocycles. The molecule has 5 atom stereocenters. The topological polar surface area (TPSA) is 158 Å². The van der Waals surface area contributed by atoms with E-state index >= 15 is 0 Å². The van der Waals surface area contributed by atoms with Crippen LogP contribution < -0.4 is 40.2 Å². The molecule has 24 heavy (non-hydrogen) atoms. The SMILES string of the molecule is Nc1ncnc2c1nc(Br)n2[C@@H]1O[C@@H]2COP(=O)([O-])O[C@@H]2[C@@H]1O.[Na+]. The van der Waals surface area contributed by atoms with E-state index in [0.29, 0.717) is 15.9 Å². The van der Waals surface area contributed by atoms with E-state index in [9.17, 15) is 14.6 Å². The number of hydrogen-bond donors (Lipinski definition) is 2. The molecule has 2 fully saturated rings. The number of aromatic nitrogens is 4. The average molecular weight is 430 g/mol. The molecule has 0 amide bonds. The number of nitrogens with zero attached hydrogens (tertiary/aromatic N) is 4. The van der Waals surface area contributed by atoms with Crippen molar-refractivity contribution < 1.29 is 57.9 Å². The van der Waals surface area contributed by atoms with Crippen LogP contribution >= 0.6 is 23.8 Å². The second kappa shape index (κ2) is 6.54. The second-order valence-corrected chi connectivity index (χ2v) is 7.12. The first-order valence-corrected chi connectivity index (χ1v) is 8.74. The largest absolute Gasteiger partial charge is 1.00 e. The molecule has 0 aliphatic carbocycles. The van der Waals surface area contributed by atoms with Crippen molar-refractivity contribution in [3.63, 3.8) is 0 Å². The summed E-state index contributed by atoms with van der Waals surface area (Å²) in [5.74, 6) is 0.169. The van der Waals surface area contributed by atoms with Crippen molar-refractivity contribution in [2.24, 2.45) is 0 Å². The quantitative estimate of drug-likeness (QED) is 0.262. The molecule has 124 valence electrons. The monoisotopic (exact) mass is 429 g/mol. The molecule has 14 heteroatoms. The molecule has 3 N–H and O–H groups in total. The van der Waals surface area contributed by atoms with Crippen molar-refractivity contribution in [2.75, 3.05) is 12.3 Å². The summed E-state index contributed by atoms with van der Waals surface area (Å²) in [4.78, 5) is 23.5. The van der Waals surface area contributed by atoms with Gasteiger partial charge in [-0.1, -0.05) is 0 Å². The molecule has 2 aromatic rings. The first-order valence-electron chi connectivity index (χ1n) is 6.49. The Morgan fingerprint density at radius 2 is 2.25 bits per heavy atom. The van der Waals surface area contributed by atoms with Gasteiger partial charge >= 0.3 is 29.6 Å². The maximum atomic E-state index is 11.4. The third-order valence-electron chi connectivity index (χ3n) is 3.67. The van der Waals surface area contributed by atoms with Crippen LogP contribution in [0.3, 0.4) is 0 Å². The molecule has 4 heterocycles. The fraction of sp³-hybridized carbons (Fsp3) is 0.500. The van der Waals surface area contributed by atoms with Crippen LogP contribution in [-0.2, 0) is 18.3 Å². The third kappa shape index (κ3) is 2.94. The van der Waals surface area contributed by atoms with Crippen molar-refractivity contribution in [1.82, 2.24) is 19.5 Å². The zero-order valence-electron chi connectivity index (χ0n) is 12.3. The summed E-state index contributed by atoms with van der Waals surface area (Å²) in [5, 5.41) is 10.4. The first-order chi connectivity index (χ1) is 10.9. The number of imidazole rings is 1. The minimum absolute atomic E-state index is 0. The van der Waals surface area contributed by atoms with E-state index in [4.69, 9.17) is 15.0 Å². The van der Waals surface area contributed by atoms with Crippen LogP contribution in [0.5, 0.6) is 0 Å². The third-order valence-corrected chi connectivity index (χ3v) is 5.20. The van der Waals surface area contributed by atoms with Crippen LogP contribution in [0.4, 0.5) is 5.82 Å². The fourth-order valence-corrected chi connectivity index (χ4v) is 4.16. The van der Waals surface area contributed by atoms with Gasteiger partial charge in [0.1, 0.15) is 24.6 Å². The number of nitrogens with two attached hydrogens (primary N) is 1. The molecular weight excluding hydrogens is 420 g/mol. The molecule has 2 saturated heterocycles. The van der Waals surface area contributed by atoms with Gasteiger partial charge in [0.15, 0.2) is 27.9 Å². The standard InChI is InChI=1S/C10H11BrN5O6P.Na/c11-10-15-4-7(12)13-2-14-8(4)16(10)9-5(17)6-3(21-9)1-20-23(18,19)22-6;/h2-3,5-6,9,17H,1H2,(H,18,19)(H2,12,13,14);/q;+1/p-1/t3-,5+,6+,9-;/m1./s1. The number of hydrogen-bond acceptors (Lipinski definition) is 10. The van der Waals surface area contributed by atoms with E-state index in [1.54, 1.807) is 0 Å². The van der Waals surface area contributed by atoms with Gasteiger partial charge in [-0.3, -0.25) is 9.13 Å². The van der Waals surface area contributed by atoms with Gasteiger partial charge in [0, 0.05) is 0 Å². The molecule has 1 unspecified atom stereocenters. The number of fused-ring (bicyclic) bond motifs is 2.